The van der Waals surface area contributed by atoms with E-state index in [2.05, 4.69) is 37.2 Å². The molecule has 0 saturated heterocycles. The molecule has 0 fully saturated rings. The van der Waals surface area contributed by atoms with Gasteiger partial charge in [-0.3, -0.25) is 4.79 Å². The molecule has 0 heterocycles. The molecule has 0 aliphatic heterocycles. The molecular weight excluding hydrogens is 338 g/mol. The molecule has 0 aliphatic rings. The monoisotopic (exact) mass is 349 g/mol. The van der Waals surface area contributed by atoms with E-state index in [9.17, 15) is 4.79 Å². The van der Waals surface area contributed by atoms with Gasteiger partial charge in [-0.1, -0.05) is 15.9 Å². The number of hydrogen-bond donors (Lipinski definition) is 1. The van der Waals surface area contributed by atoms with Gasteiger partial charge in [0.25, 0.3) is 0 Å². The molecule has 0 atom stereocenters. The van der Waals surface area contributed by atoms with Crippen LogP contribution in [0.1, 0.15) is 13.3 Å². The predicted octanol–water partition coefficient (Wildman–Crippen LogP) is 3.58. The SMILES string of the molecule is CCOC(=O)CCNc1ccc(Br)cc1Br. The fourth-order valence-corrected chi connectivity index (χ4v) is 2.35. The van der Waals surface area contributed by atoms with Crippen LogP contribution < -0.4 is 5.32 Å². The maximum absolute atomic E-state index is 11.1. The van der Waals surface area contributed by atoms with Gasteiger partial charge in [-0.05, 0) is 41.1 Å². The third-order valence-corrected chi connectivity index (χ3v) is 3.03. The van der Waals surface area contributed by atoms with Crippen molar-refractivity contribution in [2.75, 3.05) is 18.5 Å². The Morgan fingerprint density at radius 2 is 2.19 bits per heavy atom. The number of hydrogen-bond acceptors (Lipinski definition) is 3. The van der Waals surface area contributed by atoms with Crippen LogP contribution in [-0.4, -0.2) is 19.1 Å². The Kier molecular flexibility index (Phi) is 5.84. The predicted molar refractivity (Wildman–Crippen MR) is 71.6 cm³/mol. The van der Waals surface area contributed by atoms with Crippen LogP contribution in [0.3, 0.4) is 0 Å². The molecule has 5 heteroatoms. The van der Waals surface area contributed by atoms with Gasteiger partial charge in [0.15, 0.2) is 0 Å². The van der Waals surface area contributed by atoms with Crippen LogP contribution in [0.2, 0.25) is 0 Å². The number of esters is 1. The molecule has 1 rings (SSSR count). The molecule has 3 nitrogen and oxygen atoms in total. The number of carbonyl (C=O) groups is 1. The van der Waals surface area contributed by atoms with E-state index in [1.165, 1.54) is 0 Å². The van der Waals surface area contributed by atoms with E-state index in [-0.39, 0.29) is 5.97 Å². The first-order chi connectivity index (χ1) is 7.63. The van der Waals surface area contributed by atoms with Crippen molar-refractivity contribution in [1.29, 1.82) is 0 Å². The van der Waals surface area contributed by atoms with E-state index >= 15 is 0 Å². The van der Waals surface area contributed by atoms with Crippen molar-refractivity contribution in [2.45, 2.75) is 13.3 Å². The Morgan fingerprint density at radius 1 is 1.44 bits per heavy atom. The highest BCUT2D eigenvalue weighted by Crippen LogP contribution is 2.25. The Bertz CT molecular complexity index is 369. The first-order valence-corrected chi connectivity index (χ1v) is 6.56. The zero-order valence-electron chi connectivity index (χ0n) is 8.93. The first-order valence-electron chi connectivity index (χ1n) is 4.98. The molecule has 0 spiro atoms. The lowest BCUT2D eigenvalue weighted by Gasteiger charge is -2.08. The lowest BCUT2D eigenvalue weighted by molar-refractivity contribution is -0.142. The van der Waals surface area contributed by atoms with E-state index in [0.29, 0.717) is 19.6 Å². The highest BCUT2D eigenvalue weighted by atomic mass is 79.9. The zero-order valence-corrected chi connectivity index (χ0v) is 12.1. The molecule has 16 heavy (non-hydrogen) atoms. The third-order valence-electron chi connectivity index (χ3n) is 1.88. The lowest BCUT2D eigenvalue weighted by atomic mass is 10.3. The molecule has 1 N–H and O–H groups in total. The summed E-state index contributed by atoms with van der Waals surface area (Å²) in [4.78, 5) is 11.1. The zero-order chi connectivity index (χ0) is 12.0. The van der Waals surface area contributed by atoms with Gasteiger partial charge < -0.3 is 10.1 Å². The number of benzene rings is 1. The molecule has 0 saturated carbocycles. The second-order valence-electron chi connectivity index (χ2n) is 3.11. The fourth-order valence-electron chi connectivity index (χ4n) is 1.17. The minimum absolute atomic E-state index is 0.178. The summed E-state index contributed by atoms with van der Waals surface area (Å²) in [6.45, 7) is 2.80. The van der Waals surface area contributed by atoms with Crippen LogP contribution in [0.15, 0.2) is 27.1 Å². The summed E-state index contributed by atoms with van der Waals surface area (Å²) in [5.74, 6) is -0.178. The van der Waals surface area contributed by atoms with Gasteiger partial charge in [0, 0.05) is 21.2 Å². The summed E-state index contributed by atoms with van der Waals surface area (Å²) in [5, 5.41) is 3.16. The van der Waals surface area contributed by atoms with Crippen LogP contribution in [0.4, 0.5) is 5.69 Å². The van der Waals surface area contributed by atoms with Crippen molar-refractivity contribution in [1.82, 2.24) is 0 Å². The molecule has 0 radical (unpaired) electrons. The van der Waals surface area contributed by atoms with Crippen LogP contribution in [-0.2, 0) is 9.53 Å². The van der Waals surface area contributed by atoms with Crippen molar-refractivity contribution in [2.24, 2.45) is 0 Å². The number of carbonyl (C=O) groups excluding carboxylic acids is 1. The van der Waals surface area contributed by atoms with Crippen LogP contribution in [0, 0.1) is 0 Å². The lowest BCUT2D eigenvalue weighted by Crippen LogP contribution is -2.11. The average Bonchev–Trinajstić information content (AvgIpc) is 2.22. The normalized spacial score (nSPS) is 9.94. The van der Waals surface area contributed by atoms with E-state index in [4.69, 9.17) is 4.74 Å². The minimum Gasteiger partial charge on any atom is -0.466 e. The Hall–Kier alpha value is -0.550. The summed E-state index contributed by atoms with van der Waals surface area (Å²) in [6, 6.07) is 5.84. The number of halogens is 2. The number of rotatable bonds is 5. The molecule has 0 unspecified atom stereocenters. The molecule has 88 valence electrons. The number of anilines is 1. The van der Waals surface area contributed by atoms with Crippen LogP contribution in [0.5, 0.6) is 0 Å². The smallest absolute Gasteiger partial charge is 0.307 e. The second-order valence-corrected chi connectivity index (χ2v) is 4.88. The Morgan fingerprint density at radius 3 is 2.81 bits per heavy atom. The molecule has 0 aromatic heterocycles. The molecule has 0 amide bonds. The van der Waals surface area contributed by atoms with Gasteiger partial charge in [0.2, 0.25) is 0 Å². The third kappa shape index (κ3) is 4.53. The Balaban J connectivity index is 2.40. The molecule has 0 aliphatic carbocycles. The summed E-state index contributed by atoms with van der Waals surface area (Å²) in [5.41, 5.74) is 0.965. The maximum atomic E-state index is 11.1. The maximum Gasteiger partial charge on any atom is 0.307 e. The van der Waals surface area contributed by atoms with Gasteiger partial charge in [-0.15, -0.1) is 0 Å². The second kappa shape index (κ2) is 6.91. The topological polar surface area (TPSA) is 38.3 Å². The summed E-state index contributed by atoms with van der Waals surface area (Å²) in [6.07, 6.45) is 0.371. The fraction of sp³-hybridized carbons (Fsp3) is 0.364. The van der Waals surface area contributed by atoms with E-state index in [1.807, 2.05) is 18.2 Å². The van der Waals surface area contributed by atoms with E-state index in [1.54, 1.807) is 6.92 Å². The number of ether oxygens (including phenoxy) is 1. The van der Waals surface area contributed by atoms with Gasteiger partial charge in [0.1, 0.15) is 0 Å². The van der Waals surface area contributed by atoms with Gasteiger partial charge >= 0.3 is 5.97 Å². The van der Waals surface area contributed by atoms with Crippen molar-refractivity contribution in [3.63, 3.8) is 0 Å². The van der Waals surface area contributed by atoms with Crippen molar-refractivity contribution >= 4 is 43.5 Å². The average molecular weight is 351 g/mol. The summed E-state index contributed by atoms with van der Waals surface area (Å²) >= 11 is 6.81. The summed E-state index contributed by atoms with van der Waals surface area (Å²) < 4.78 is 6.80. The van der Waals surface area contributed by atoms with Crippen molar-refractivity contribution < 1.29 is 9.53 Å². The highest BCUT2D eigenvalue weighted by molar-refractivity contribution is 9.11. The quantitative estimate of drug-likeness (QED) is 0.825. The molecular formula is C11H13Br2NO2. The minimum atomic E-state index is -0.178. The van der Waals surface area contributed by atoms with Gasteiger partial charge in [-0.25, -0.2) is 0 Å². The van der Waals surface area contributed by atoms with Gasteiger partial charge in [0.05, 0.1) is 13.0 Å². The Labute approximate surface area is 112 Å². The first kappa shape index (κ1) is 13.5. The molecule has 1 aromatic rings. The summed E-state index contributed by atoms with van der Waals surface area (Å²) in [7, 11) is 0. The van der Waals surface area contributed by atoms with Gasteiger partial charge in [-0.2, -0.15) is 0 Å². The van der Waals surface area contributed by atoms with Crippen LogP contribution in [0.25, 0.3) is 0 Å². The van der Waals surface area contributed by atoms with Crippen molar-refractivity contribution in [3.05, 3.63) is 27.1 Å². The van der Waals surface area contributed by atoms with Crippen molar-refractivity contribution in [3.8, 4) is 0 Å². The molecule has 1 aromatic carbocycles. The number of nitrogens with one attached hydrogen (secondary N) is 1. The van der Waals surface area contributed by atoms with E-state index in [0.717, 1.165) is 14.6 Å². The highest BCUT2D eigenvalue weighted by Gasteiger charge is 2.03. The van der Waals surface area contributed by atoms with Crippen LogP contribution >= 0.6 is 31.9 Å². The van der Waals surface area contributed by atoms with E-state index < -0.39 is 0 Å². The largest absolute Gasteiger partial charge is 0.466 e. The standard InChI is InChI=1S/C11H13Br2NO2/c1-2-16-11(15)5-6-14-10-4-3-8(12)7-9(10)13/h3-4,7,14H,2,5-6H2,1H3. The molecule has 0 bridgehead atoms.